The number of allylic oxidation sites excluding steroid dienone is 1. The number of halogens is 1. The van der Waals surface area contributed by atoms with Gasteiger partial charge in [0.05, 0.1) is 22.9 Å². The summed E-state index contributed by atoms with van der Waals surface area (Å²) in [4.78, 5) is 0. The minimum atomic E-state index is 0.428. The molecule has 0 N–H and O–H groups in total. The minimum Gasteiger partial charge on any atom is -0.319 e. The van der Waals surface area contributed by atoms with E-state index in [-0.39, 0.29) is 0 Å². The van der Waals surface area contributed by atoms with Gasteiger partial charge < -0.3 is 3.11 Å². The van der Waals surface area contributed by atoms with Crippen LogP contribution in [0.1, 0.15) is 40.5 Å². The quantitative estimate of drug-likeness (QED) is 0.556. The molecule has 0 rings (SSSR count). The Morgan fingerprint density at radius 3 is 2.25 bits per heavy atom. The molecule has 0 amide bonds. The molecular formula is C10H20IN. The Bertz CT molecular complexity index is 146. The van der Waals surface area contributed by atoms with Gasteiger partial charge in [-0.1, -0.05) is 34.3 Å². The number of nitrogens with zero attached hydrogens (tertiary/aromatic N) is 1. The second kappa shape index (κ2) is 5.10. The zero-order chi connectivity index (χ0) is 9.78. The molecule has 0 saturated heterocycles. The topological polar surface area (TPSA) is 3.24 Å². The lowest BCUT2D eigenvalue weighted by Gasteiger charge is -2.24. The molecule has 2 heteroatoms. The number of hydrogen-bond donors (Lipinski definition) is 0. The van der Waals surface area contributed by atoms with Crippen LogP contribution in [-0.2, 0) is 0 Å². The Morgan fingerprint density at radius 1 is 1.42 bits per heavy atom. The van der Waals surface area contributed by atoms with E-state index in [2.05, 4.69) is 60.3 Å². The number of rotatable bonds is 4. The Balaban J connectivity index is 3.72. The van der Waals surface area contributed by atoms with E-state index in [9.17, 15) is 0 Å². The van der Waals surface area contributed by atoms with Crippen molar-refractivity contribution >= 4 is 22.9 Å². The van der Waals surface area contributed by atoms with Crippen LogP contribution in [0.3, 0.4) is 0 Å². The average Bonchev–Trinajstić information content (AvgIpc) is 1.97. The van der Waals surface area contributed by atoms with Crippen LogP contribution in [0.4, 0.5) is 0 Å². The SMILES string of the molecule is C=C(CC)N(I)CCC(C)(C)C. The third kappa shape index (κ3) is 5.86. The summed E-state index contributed by atoms with van der Waals surface area (Å²) in [5, 5.41) is 0. The van der Waals surface area contributed by atoms with E-state index in [4.69, 9.17) is 0 Å². The lowest BCUT2D eigenvalue weighted by molar-refractivity contribution is 0.350. The zero-order valence-electron chi connectivity index (χ0n) is 8.65. The van der Waals surface area contributed by atoms with Crippen LogP contribution in [0.2, 0.25) is 0 Å². The molecule has 0 spiro atoms. The molecule has 12 heavy (non-hydrogen) atoms. The monoisotopic (exact) mass is 281 g/mol. The van der Waals surface area contributed by atoms with Gasteiger partial charge in [0.25, 0.3) is 0 Å². The molecule has 0 aliphatic carbocycles. The van der Waals surface area contributed by atoms with Crippen molar-refractivity contribution in [3.8, 4) is 0 Å². The Kier molecular flexibility index (Phi) is 5.21. The average molecular weight is 281 g/mol. The van der Waals surface area contributed by atoms with Gasteiger partial charge in [-0.3, -0.25) is 0 Å². The Hall–Kier alpha value is 0.270. The first-order valence-corrected chi connectivity index (χ1v) is 5.44. The van der Waals surface area contributed by atoms with E-state index in [0.29, 0.717) is 5.41 Å². The highest BCUT2D eigenvalue weighted by Crippen LogP contribution is 2.22. The maximum Gasteiger partial charge on any atom is 0.0588 e. The molecule has 0 atom stereocenters. The summed E-state index contributed by atoms with van der Waals surface area (Å²) in [6, 6.07) is 0. The van der Waals surface area contributed by atoms with E-state index in [1.54, 1.807) is 0 Å². The minimum absolute atomic E-state index is 0.428. The van der Waals surface area contributed by atoms with E-state index in [1.165, 1.54) is 12.1 Å². The van der Waals surface area contributed by atoms with Crippen molar-refractivity contribution < 1.29 is 0 Å². The highest BCUT2D eigenvalue weighted by Gasteiger charge is 2.12. The third-order valence-corrected chi connectivity index (χ3v) is 2.97. The molecular weight excluding hydrogens is 261 g/mol. The van der Waals surface area contributed by atoms with Crippen LogP contribution in [0.25, 0.3) is 0 Å². The van der Waals surface area contributed by atoms with Gasteiger partial charge in [-0.25, -0.2) is 0 Å². The van der Waals surface area contributed by atoms with E-state index in [1.807, 2.05) is 0 Å². The molecule has 0 aliphatic rings. The van der Waals surface area contributed by atoms with Crippen molar-refractivity contribution in [1.82, 2.24) is 3.11 Å². The smallest absolute Gasteiger partial charge is 0.0588 e. The molecule has 0 fully saturated rings. The second-order valence-electron chi connectivity index (χ2n) is 4.32. The Morgan fingerprint density at radius 2 is 1.92 bits per heavy atom. The first-order valence-electron chi connectivity index (χ1n) is 4.48. The van der Waals surface area contributed by atoms with Crippen molar-refractivity contribution in [3.63, 3.8) is 0 Å². The van der Waals surface area contributed by atoms with Crippen LogP contribution < -0.4 is 0 Å². The van der Waals surface area contributed by atoms with Crippen molar-refractivity contribution in [1.29, 1.82) is 0 Å². The van der Waals surface area contributed by atoms with E-state index in [0.717, 1.165) is 13.0 Å². The van der Waals surface area contributed by atoms with Crippen molar-refractivity contribution in [3.05, 3.63) is 12.3 Å². The maximum absolute atomic E-state index is 3.99. The van der Waals surface area contributed by atoms with E-state index < -0.39 is 0 Å². The standard InChI is InChI=1S/C10H20IN/c1-6-9(2)12(11)8-7-10(3,4)5/h2,6-8H2,1,3-5H3. The normalized spacial score (nSPS) is 11.4. The second-order valence-corrected chi connectivity index (χ2v) is 5.48. The third-order valence-electron chi connectivity index (χ3n) is 1.81. The summed E-state index contributed by atoms with van der Waals surface area (Å²) >= 11 is 2.34. The maximum atomic E-state index is 3.99. The molecule has 0 aromatic rings. The molecule has 0 heterocycles. The van der Waals surface area contributed by atoms with Crippen LogP contribution in [0, 0.1) is 5.41 Å². The lowest BCUT2D eigenvalue weighted by atomic mass is 9.92. The van der Waals surface area contributed by atoms with Crippen LogP contribution in [0.5, 0.6) is 0 Å². The first-order chi connectivity index (χ1) is 5.37. The Labute approximate surface area is 90.7 Å². The summed E-state index contributed by atoms with van der Waals surface area (Å²) in [7, 11) is 0. The van der Waals surface area contributed by atoms with Gasteiger partial charge in [-0.05, 0) is 18.3 Å². The fraction of sp³-hybridized carbons (Fsp3) is 0.800. The predicted molar refractivity (Wildman–Crippen MR) is 64.2 cm³/mol. The van der Waals surface area contributed by atoms with Crippen molar-refractivity contribution in [2.24, 2.45) is 5.41 Å². The van der Waals surface area contributed by atoms with Crippen LogP contribution in [-0.4, -0.2) is 9.66 Å². The van der Waals surface area contributed by atoms with Gasteiger partial charge >= 0.3 is 0 Å². The molecule has 0 aromatic carbocycles. The van der Waals surface area contributed by atoms with Crippen LogP contribution >= 0.6 is 22.9 Å². The predicted octanol–water partition coefficient (Wildman–Crippen LogP) is 4.00. The van der Waals surface area contributed by atoms with Gasteiger partial charge in [0.2, 0.25) is 0 Å². The van der Waals surface area contributed by atoms with Gasteiger partial charge in [0.1, 0.15) is 0 Å². The molecule has 0 bridgehead atoms. The highest BCUT2D eigenvalue weighted by molar-refractivity contribution is 14.1. The van der Waals surface area contributed by atoms with Gasteiger partial charge in [0.15, 0.2) is 0 Å². The molecule has 0 aliphatic heterocycles. The first kappa shape index (κ1) is 12.3. The number of hydrogen-bond acceptors (Lipinski definition) is 1. The fourth-order valence-electron chi connectivity index (χ4n) is 0.763. The zero-order valence-corrected chi connectivity index (χ0v) is 10.8. The lowest BCUT2D eigenvalue weighted by Crippen LogP contribution is -2.17. The summed E-state index contributed by atoms with van der Waals surface area (Å²) in [5.41, 5.74) is 1.65. The van der Waals surface area contributed by atoms with Crippen molar-refractivity contribution in [2.45, 2.75) is 40.5 Å². The molecule has 72 valence electrons. The van der Waals surface area contributed by atoms with E-state index >= 15 is 0 Å². The molecule has 0 aromatic heterocycles. The molecule has 0 saturated carbocycles. The van der Waals surface area contributed by atoms with Gasteiger partial charge in [-0.2, -0.15) is 0 Å². The van der Waals surface area contributed by atoms with Crippen molar-refractivity contribution in [2.75, 3.05) is 6.54 Å². The molecule has 0 unspecified atom stereocenters. The summed E-state index contributed by atoms with van der Waals surface area (Å²) in [6.07, 6.45) is 2.27. The summed E-state index contributed by atoms with van der Waals surface area (Å²) in [5.74, 6) is 0. The van der Waals surface area contributed by atoms with Gasteiger partial charge in [-0.15, -0.1) is 0 Å². The molecule has 0 radical (unpaired) electrons. The summed E-state index contributed by atoms with van der Waals surface area (Å²) in [6.45, 7) is 14.1. The van der Waals surface area contributed by atoms with Gasteiger partial charge in [0, 0.05) is 12.2 Å². The molecule has 1 nitrogen and oxygen atoms in total. The van der Waals surface area contributed by atoms with Crippen LogP contribution in [0.15, 0.2) is 12.3 Å². The fourth-order valence-corrected chi connectivity index (χ4v) is 1.35. The largest absolute Gasteiger partial charge is 0.319 e. The highest BCUT2D eigenvalue weighted by atomic mass is 127. The summed E-state index contributed by atoms with van der Waals surface area (Å²) < 4.78 is 2.23.